The van der Waals surface area contributed by atoms with E-state index in [2.05, 4.69) is 11.0 Å². The molecule has 0 bridgehead atoms. The van der Waals surface area contributed by atoms with E-state index in [1.165, 1.54) is 18.6 Å². The molecule has 4 rings (SSSR count). The van der Waals surface area contributed by atoms with Crippen LogP contribution in [0, 0.1) is 0 Å². The Morgan fingerprint density at radius 1 is 1.15 bits per heavy atom. The number of aliphatic hydroxyl groups excluding tert-OH is 1. The first kappa shape index (κ1) is 30.3. The van der Waals surface area contributed by atoms with Crippen molar-refractivity contribution in [2.24, 2.45) is 0 Å². The molecule has 2 unspecified atom stereocenters. The summed E-state index contributed by atoms with van der Waals surface area (Å²) in [5, 5.41) is 20.3. The lowest BCUT2D eigenvalue weighted by atomic mass is 9.88. The van der Waals surface area contributed by atoms with E-state index in [0.29, 0.717) is 41.9 Å². The molecule has 1 aliphatic heterocycles. The van der Waals surface area contributed by atoms with Crippen molar-refractivity contribution in [2.75, 3.05) is 20.2 Å². The van der Waals surface area contributed by atoms with Crippen molar-refractivity contribution in [3.63, 3.8) is 0 Å². The number of methoxy groups -OCH3 is 1. The van der Waals surface area contributed by atoms with Gasteiger partial charge in [0, 0.05) is 19.5 Å². The van der Waals surface area contributed by atoms with Gasteiger partial charge in [-0.05, 0) is 86.8 Å². The van der Waals surface area contributed by atoms with E-state index < -0.39 is 18.4 Å². The number of benzene rings is 2. The number of ether oxygens (including phenoxy) is 1. The number of aryl methyl sites for hydroxylation is 1. The number of piperidine rings is 1. The molecule has 2 atom stereocenters. The maximum absolute atomic E-state index is 13.6. The first-order valence-electron chi connectivity index (χ1n) is 14.4. The minimum Gasteiger partial charge on any atom is -0.496 e. The minimum atomic E-state index is -1.10. The number of carboxylic acid groups (broad SMARTS) is 1. The van der Waals surface area contributed by atoms with Crippen LogP contribution < -0.4 is 4.74 Å². The molecule has 1 saturated heterocycles. The molecular formula is C33H40FN3O4. The Morgan fingerprint density at radius 3 is 2.59 bits per heavy atom. The van der Waals surface area contributed by atoms with Crippen molar-refractivity contribution in [1.82, 2.24) is 14.9 Å². The van der Waals surface area contributed by atoms with E-state index in [0.717, 1.165) is 48.5 Å². The van der Waals surface area contributed by atoms with Crippen LogP contribution >= 0.6 is 0 Å². The van der Waals surface area contributed by atoms with Gasteiger partial charge in [-0.3, -0.25) is 9.69 Å². The number of unbranched alkanes of at least 4 members (excludes halogenated alkanes) is 1. The molecule has 0 aliphatic carbocycles. The van der Waals surface area contributed by atoms with Crippen molar-refractivity contribution in [1.29, 1.82) is 0 Å². The standard InChI is InChI=1S/C33H40FN3O4/c1-4-23(14-13-22(2)34)32-28(10-6-8-12-31(38)39)35-29-21-25(15-16-27(29)36-32)33(40)37-19-17-24(18-20-37)26-9-5-7-11-30(26)41-3/h4-5,7,9,11,13-16,21-22,24,33,40H,6,8,10,12,17-20H2,1-3H3,(H,38,39)/b14-13-,23-4+. The molecule has 7 nitrogen and oxygen atoms in total. The van der Waals surface area contributed by atoms with Gasteiger partial charge in [-0.15, -0.1) is 0 Å². The highest BCUT2D eigenvalue weighted by Gasteiger charge is 2.27. The molecular weight excluding hydrogens is 521 g/mol. The largest absolute Gasteiger partial charge is 0.496 e. The summed E-state index contributed by atoms with van der Waals surface area (Å²) >= 11 is 0. The third-order valence-corrected chi connectivity index (χ3v) is 7.69. The molecule has 0 spiro atoms. The van der Waals surface area contributed by atoms with E-state index in [-0.39, 0.29) is 6.42 Å². The predicted molar refractivity (Wildman–Crippen MR) is 160 cm³/mol. The summed E-state index contributed by atoms with van der Waals surface area (Å²) in [6.07, 6.45) is 6.87. The number of hydrogen-bond acceptors (Lipinski definition) is 6. The molecule has 218 valence electrons. The zero-order valence-corrected chi connectivity index (χ0v) is 24.1. The highest BCUT2D eigenvalue weighted by molar-refractivity contribution is 5.81. The van der Waals surface area contributed by atoms with Gasteiger partial charge in [0.25, 0.3) is 0 Å². The molecule has 3 aromatic rings. The first-order valence-corrected chi connectivity index (χ1v) is 14.4. The monoisotopic (exact) mass is 561 g/mol. The Morgan fingerprint density at radius 2 is 1.90 bits per heavy atom. The Bertz CT molecular complexity index is 1400. The van der Waals surface area contributed by atoms with E-state index in [1.807, 2.05) is 49.4 Å². The van der Waals surface area contributed by atoms with Crippen LogP contribution in [-0.4, -0.2) is 57.4 Å². The lowest BCUT2D eigenvalue weighted by Gasteiger charge is -2.35. The van der Waals surface area contributed by atoms with Gasteiger partial charge in [-0.2, -0.15) is 0 Å². The summed E-state index contributed by atoms with van der Waals surface area (Å²) in [5.41, 5.74) is 5.48. The maximum atomic E-state index is 13.6. The molecule has 8 heteroatoms. The van der Waals surface area contributed by atoms with Crippen LogP contribution in [-0.2, 0) is 11.2 Å². The number of rotatable bonds is 12. The maximum Gasteiger partial charge on any atom is 0.303 e. The molecule has 0 radical (unpaired) electrons. The number of allylic oxidation sites excluding steroid dienone is 4. The normalized spacial score (nSPS) is 16.8. The molecule has 2 N–H and O–H groups in total. The van der Waals surface area contributed by atoms with Crippen LogP contribution in [0.5, 0.6) is 5.75 Å². The number of halogens is 1. The van der Waals surface area contributed by atoms with Gasteiger partial charge >= 0.3 is 5.97 Å². The van der Waals surface area contributed by atoms with Crippen molar-refractivity contribution in [2.45, 2.75) is 70.7 Å². The molecule has 1 fully saturated rings. The highest BCUT2D eigenvalue weighted by Crippen LogP contribution is 2.36. The third kappa shape index (κ3) is 7.77. The molecule has 2 aromatic carbocycles. The second-order valence-corrected chi connectivity index (χ2v) is 10.6. The second-order valence-electron chi connectivity index (χ2n) is 10.6. The summed E-state index contributed by atoms with van der Waals surface area (Å²) in [7, 11) is 1.70. The Kier molecular flexibility index (Phi) is 10.6. The molecule has 41 heavy (non-hydrogen) atoms. The van der Waals surface area contributed by atoms with Crippen LogP contribution in [0.1, 0.15) is 80.6 Å². The van der Waals surface area contributed by atoms with Crippen molar-refractivity contribution in [3.05, 3.63) is 83.2 Å². The summed E-state index contributed by atoms with van der Waals surface area (Å²) < 4.78 is 19.1. The average molecular weight is 562 g/mol. The number of likely N-dealkylation sites (tertiary alicyclic amines) is 1. The fraction of sp³-hybridized carbons (Fsp3) is 0.424. The number of carboxylic acids is 1. The van der Waals surface area contributed by atoms with Crippen molar-refractivity contribution >= 4 is 22.6 Å². The van der Waals surface area contributed by atoms with Crippen molar-refractivity contribution in [3.8, 4) is 5.75 Å². The van der Waals surface area contributed by atoms with Gasteiger partial charge in [-0.1, -0.05) is 42.5 Å². The lowest BCUT2D eigenvalue weighted by Crippen LogP contribution is -2.36. The van der Waals surface area contributed by atoms with Gasteiger partial charge in [0.05, 0.1) is 29.5 Å². The van der Waals surface area contributed by atoms with E-state index in [4.69, 9.17) is 19.8 Å². The molecule has 0 saturated carbocycles. The summed E-state index contributed by atoms with van der Waals surface area (Å²) in [5.74, 6) is 0.470. The lowest BCUT2D eigenvalue weighted by molar-refractivity contribution is -0.137. The third-order valence-electron chi connectivity index (χ3n) is 7.69. The fourth-order valence-electron chi connectivity index (χ4n) is 5.46. The van der Waals surface area contributed by atoms with Crippen LogP contribution in [0.25, 0.3) is 16.6 Å². The predicted octanol–water partition coefficient (Wildman–Crippen LogP) is 6.62. The average Bonchev–Trinajstić information content (AvgIpc) is 2.98. The Balaban J connectivity index is 1.56. The Labute approximate surface area is 241 Å². The zero-order valence-electron chi connectivity index (χ0n) is 24.1. The van der Waals surface area contributed by atoms with E-state index >= 15 is 0 Å². The number of aromatic nitrogens is 2. The Hall–Kier alpha value is -3.62. The van der Waals surface area contributed by atoms with Gasteiger partial charge in [0.1, 0.15) is 18.1 Å². The number of para-hydroxylation sites is 1. The van der Waals surface area contributed by atoms with E-state index in [9.17, 15) is 14.3 Å². The number of aliphatic hydroxyl groups is 1. The smallest absolute Gasteiger partial charge is 0.303 e. The molecule has 1 aromatic heterocycles. The van der Waals surface area contributed by atoms with Crippen LogP contribution in [0.3, 0.4) is 0 Å². The number of hydrogen-bond donors (Lipinski definition) is 2. The second kappa shape index (κ2) is 14.3. The number of aliphatic carboxylic acids is 1. The fourth-order valence-corrected chi connectivity index (χ4v) is 5.46. The van der Waals surface area contributed by atoms with Gasteiger partial charge in [-0.25, -0.2) is 14.4 Å². The topological polar surface area (TPSA) is 95.8 Å². The number of alkyl halides is 1. The minimum absolute atomic E-state index is 0.0934. The summed E-state index contributed by atoms with van der Waals surface area (Å²) in [6, 6.07) is 13.8. The highest BCUT2D eigenvalue weighted by atomic mass is 19.1. The quantitative estimate of drug-likeness (QED) is 0.189. The number of carbonyl (C=O) groups is 1. The summed E-state index contributed by atoms with van der Waals surface area (Å²) in [4.78, 5) is 22.9. The zero-order chi connectivity index (χ0) is 29.4. The van der Waals surface area contributed by atoms with Gasteiger partial charge in [0.2, 0.25) is 0 Å². The van der Waals surface area contributed by atoms with Gasteiger partial charge < -0.3 is 14.9 Å². The SMILES string of the molecule is C/C=C(\C=C/C(C)F)c1nc2ccc(C(O)N3CCC(c4ccccc4OC)CC3)cc2nc1CCCCC(=O)O. The van der Waals surface area contributed by atoms with Crippen LogP contribution in [0.2, 0.25) is 0 Å². The van der Waals surface area contributed by atoms with Crippen LogP contribution in [0.4, 0.5) is 4.39 Å². The van der Waals surface area contributed by atoms with Crippen molar-refractivity contribution < 1.29 is 24.1 Å². The number of fused-ring (bicyclic) bond motifs is 1. The molecule has 2 heterocycles. The molecule has 1 aliphatic rings. The molecule has 0 amide bonds. The summed E-state index contributed by atoms with van der Waals surface area (Å²) in [6.45, 7) is 4.85. The van der Waals surface area contributed by atoms with Gasteiger partial charge in [0.15, 0.2) is 0 Å². The number of nitrogens with zero attached hydrogens (tertiary/aromatic N) is 3. The first-order chi connectivity index (χ1) is 19.8. The van der Waals surface area contributed by atoms with Crippen LogP contribution in [0.15, 0.2) is 60.7 Å². The van der Waals surface area contributed by atoms with E-state index in [1.54, 1.807) is 13.2 Å².